The number of fused-ring (bicyclic) bond motifs is 1. The quantitative estimate of drug-likeness (QED) is 0.447. The summed E-state index contributed by atoms with van der Waals surface area (Å²) in [6, 6.07) is 11.8. The molecule has 8 nitrogen and oxygen atoms in total. The van der Waals surface area contributed by atoms with Crippen LogP contribution in [0.3, 0.4) is 0 Å². The number of carbonyl (C=O) groups is 3. The van der Waals surface area contributed by atoms with Gasteiger partial charge in [0.2, 0.25) is 17.7 Å². The fraction of sp³-hybridized carbons (Fsp3) is 0.485. The van der Waals surface area contributed by atoms with E-state index >= 15 is 0 Å². The van der Waals surface area contributed by atoms with E-state index in [4.69, 9.17) is 21.1 Å². The number of halogens is 1. The Balaban J connectivity index is 1.34. The highest BCUT2D eigenvalue weighted by Gasteiger charge is 2.72. The summed E-state index contributed by atoms with van der Waals surface area (Å²) in [5.74, 6) is -1.07. The van der Waals surface area contributed by atoms with E-state index in [9.17, 15) is 14.4 Å². The Kier molecular flexibility index (Phi) is 7.56. The fourth-order valence-electron chi connectivity index (χ4n) is 7.40. The van der Waals surface area contributed by atoms with Crippen molar-refractivity contribution in [1.29, 1.82) is 0 Å². The first-order valence-electron chi connectivity index (χ1n) is 14.8. The van der Waals surface area contributed by atoms with Gasteiger partial charge in [-0.05, 0) is 48.9 Å². The maximum atomic E-state index is 14.4. The van der Waals surface area contributed by atoms with Crippen molar-refractivity contribution in [3.05, 3.63) is 70.8 Å². The molecule has 3 heterocycles. The number of carbonyl (C=O) groups excluding carboxylic acids is 3. The molecule has 0 radical (unpaired) electrons. The lowest BCUT2D eigenvalue weighted by molar-refractivity contribution is -0.142. The number of para-hydroxylation sites is 1. The molecule has 222 valence electrons. The molecule has 1 aliphatic carbocycles. The number of likely N-dealkylation sites (tertiary alicyclic amines) is 1. The second-order valence-corrected chi connectivity index (χ2v) is 12.7. The number of benzene rings is 2. The van der Waals surface area contributed by atoms with Crippen LogP contribution in [0.2, 0.25) is 5.02 Å². The van der Waals surface area contributed by atoms with Gasteiger partial charge in [-0.3, -0.25) is 14.4 Å². The second-order valence-electron chi connectivity index (χ2n) is 12.3. The minimum atomic E-state index is -1.25. The number of anilines is 1. The van der Waals surface area contributed by atoms with Gasteiger partial charge in [0, 0.05) is 22.3 Å². The molecule has 2 N–H and O–H groups in total. The highest BCUT2D eigenvalue weighted by atomic mass is 35.5. The zero-order valence-corrected chi connectivity index (χ0v) is 25.2. The predicted octanol–water partition coefficient (Wildman–Crippen LogP) is 4.89. The van der Waals surface area contributed by atoms with Crippen molar-refractivity contribution in [3.8, 4) is 5.75 Å². The van der Waals surface area contributed by atoms with Gasteiger partial charge in [0.25, 0.3) is 0 Å². The molecule has 1 saturated carbocycles. The van der Waals surface area contributed by atoms with Gasteiger partial charge in [-0.15, -0.1) is 0 Å². The van der Waals surface area contributed by atoms with Gasteiger partial charge >= 0.3 is 0 Å². The predicted molar refractivity (Wildman–Crippen MR) is 160 cm³/mol. The lowest BCUT2D eigenvalue weighted by Gasteiger charge is -2.38. The number of amides is 3. The summed E-state index contributed by atoms with van der Waals surface area (Å²) in [7, 11) is 1.58. The smallest absolute Gasteiger partial charge is 0.246 e. The highest BCUT2D eigenvalue weighted by Crippen LogP contribution is 2.55. The van der Waals surface area contributed by atoms with Crippen LogP contribution in [0, 0.1) is 30.6 Å². The first-order chi connectivity index (χ1) is 20.1. The summed E-state index contributed by atoms with van der Waals surface area (Å²) >= 11 is 6.30. The van der Waals surface area contributed by atoms with E-state index in [1.807, 2.05) is 49.4 Å². The number of hydrogen-bond donors (Lipinski definition) is 2. The van der Waals surface area contributed by atoms with Crippen LogP contribution in [-0.4, -0.2) is 53.5 Å². The molecule has 4 aliphatic rings. The van der Waals surface area contributed by atoms with Gasteiger partial charge < -0.3 is 25.0 Å². The average molecular weight is 592 g/mol. The van der Waals surface area contributed by atoms with E-state index in [2.05, 4.69) is 24.5 Å². The maximum absolute atomic E-state index is 14.4. The Morgan fingerprint density at radius 1 is 1.14 bits per heavy atom. The number of aryl methyl sites for hydroxylation is 1. The first kappa shape index (κ1) is 28.7. The summed E-state index contributed by atoms with van der Waals surface area (Å²) in [4.78, 5) is 44.0. The Morgan fingerprint density at radius 2 is 1.93 bits per heavy atom. The van der Waals surface area contributed by atoms with Crippen LogP contribution in [0.5, 0.6) is 5.75 Å². The molecular formula is C33H38ClN3O5. The van der Waals surface area contributed by atoms with Gasteiger partial charge in [0.15, 0.2) is 0 Å². The summed E-state index contributed by atoms with van der Waals surface area (Å²) in [6.07, 6.45) is 6.13. The average Bonchev–Trinajstić information content (AvgIpc) is 3.61. The summed E-state index contributed by atoms with van der Waals surface area (Å²) in [6.45, 7) is 6.44. The minimum absolute atomic E-state index is 0.00729. The standard InChI is InChI=1S/C33H38ClN3O5/c1-18-8-7-10-24(20(18)3)36-31(39)29-33-15-14-26(42-33)27(30(38)35-22-13-12-19(2)23(34)16-22)28(33)32(40)37(29)17-21-9-5-6-11-25(21)41-4/h5-6,9,11-16,18,20,24,26-29H,7-8,10,17H2,1-4H3,(H,35,38)(H,36,39)/t18-,20+,24+,26-,27+,28-,29-,33-/m0/s1. The van der Waals surface area contributed by atoms with E-state index in [1.165, 1.54) is 0 Å². The van der Waals surface area contributed by atoms with E-state index in [1.54, 1.807) is 24.1 Å². The number of rotatable bonds is 7. The summed E-state index contributed by atoms with van der Waals surface area (Å²) < 4.78 is 12.1. The summed E-state index contributed by atoms with van der Waals surface area (Å²) in [5, 5.41) is 6.78. The van der Waals surface area contributed by atoms with E-state index in [-0.39, 0.29) is 30.3 Å². The summed E-state index contributed by atoms with van der Waals surface area (Å²) in [5.41, 5.74) is 0.969. The zero-order valence-electron chi connectivity index (χ0n) is 24.4. The van der Waals surface area contributed by atoms with Crippen molar-refractivity contribution >= 4 is 35.0 Å². The lowest BCUT2D eigenvalue weighted by Crippen LogP contribution is -2.57. The molecule has 2 aromatic rings. The van der Waals surface area contributed by atoms with Crippen LogP contribution in [0.25, 0.3) is 0 Å². The second kappa shape index (κ2) is 11.0. The normalized spacial score (nSPS) is 33.0. The van der Waals surface area contributed by atoms with Crippen molar-refractivity contribution in [2.75, 3.05) is 12.4 Å². The highest BCUT2D eigenvalue weighted by molar-refractivity contribution is 6.31. The molecule has 0 unspecified atom stereocenters. The largest absolute Gasteiger partial charge is 0.496 e. The Morgan fingerprint density at radius 3 is 2.69 bits per heavy atom. The minimum Gasteiger partial charge on any atom is -0.496 e. The van der Waals surface area contributed by atoms with Crippen LogP contribution >= 0.6 is 11.6 Å². The van der Waals surface area contributed by atoms with E-state index in [0.717, 1.165) is 30.4 Å². The van der Waals surface area contributed by atoms with E-state index in [0.29, 0.717) is 28.3 Å². The zero-order chi connectivity index (χ0) is 29.8. The van der Waals surface area contributed by atoms with Crippen molar-refractivity contribution in [2.24, 2.45) is 23.7 Å². The van der Waals surface area contributed by atoms with E-state index < -0.39 is 29.6 Å². The topological polar surface area (TPSA) is 97.0 Å². The molecule has 2 bridgehead atoms. The molecule has 3 aliphatic heterocycles. The van der Waals surface area contributed by atoms with Crippen molar-refractivity contribution in [1.82, 2.24) is 10.2 Å². The Bertz CT molecular complexity index is 1440. The molecule has 0 aromatic heterocycles. The molecule has 1 spiro atoms. The molecule has 9 heteroatoms. The lowest BCUT2D eigenvalue weighted by atomic mass is 9.73. The number of nitrogens with zero attached hydrogens (tertiary/aromatic N) is 1. The number of ether oxygens (including phenoxy) is 2. The van der Waals surface area contributed by atoms with Crippen LogP contribution in [0.1, 0.15) is 44.2 Å². The molecular weight excluding hydrogens is 554 g/mol. The van der Waals surface area contributed by atoms with Gasteiger partial charge in [0.05, 0.1) is 31.6 Å². The fourth-order valence-corrected chi connectivity index (χ4v) is 7.58. The van der Waals surface area contributed by atoms with Gasteiger partial charge in [0.1, 0.15) is 17.4 Å². The van der Waals surface area contributed by atoms with Crippen LogP contribution in [0.4, 0.5) is 5.69 Å². The molecule has 2 aromatic carbocycles. The number of methoxy groups -OCH3 is 1. The van der Waals surface area contributed by atoms with Crippen LogP contribution < -0.4 is 15.4 Å². The molecule has 8 atom stereocenters. The van der Waals surface area contributed by atoms with Crippen molar-refractivity contribution in [3.63, 3.8) is 0 Å². The Labute approximate surface area is 251 Å². The van der Waals surface area contributed by atoms with Gasteiger partial charge in [-0.2, -0.15) is 0 Å². The number of hydrogen-bond acceptors (Lipinski definition) is 5. The SMILES string of the molecule is COc1ccccc1CN1C(=O)[C@@H]2[C@H](C(=O)Nc3ccc(C)c(Cl)c3)[C@@H]3C=C[C@@]2(O3)[C@@H]1C(=O)N[C@@H]1CCC[C@H](C)[C@H]1C. The number of nitrogens with one attached hydrogen (secondary N) is 2. The molecule has 2 saturated heterocycles. The third-order valence-corrected chi connectivity index (χ3v) is 10.3. The van der Waals surface area contributed by atoms with Crippen molar-refractivity contribution in [2.45, 2.75) is 70.4 Å². The molecule has 3 fully saturated rings. The first-order valence-corrected chi connectivity index (χ1v) is 15.2. The van der Waals surface area contributed by atoms with Crippen LogP contribution in [-0.2, 0) is 25.7 Å². The van der Waals surface area contributed by atoms with Gasteiger partial charge in [-0.25, -0.2) is 0 Å². The third-order valence-electron chi connectivity index (χ3n) is 9.93. The maximum Gasteiger partial charge on any atom is 0.246 e. The van der Waals surface area contributed by atoms with Crippen molar-refractivity contribution < 1.29 is 23.9 Å². The molecule has 6 rings (SSSR count). The molecule has 3 amide bonds. The molecule has 42 heavy (non-hydrogen) atoms. The van der Waals surface area contributed by atoms with Crippen LogP contribution in [0.15, 0.2) is 54.6 Å². The monoisotopic (exact) mass is 591 g/mol. The van der Waals surface area contributed by atoms with Gasteiger partial charge in [-0.1, -0.05) is 74.7 Å². The third kappa shape index (κ3) is 4.69. The Hall–Kier alpha value is -3.36.